The molecule has 5 nitrogen and oxygen atoms in total. The number of halogens is 1. The summed E-state index contributed by atoms with van der Waals surface area (Å²) in [4.78, 5) is 14.4. The molecule has 6 heteroatoms. The highest BCUT2D eigenvalue weighted by Crippen LogP contribution is 2.43. The van der Waals surface area contributed by atoms with Crippen molar-refractivity contribution < 1.29 is 18.7 Å². The van der Waals surface area contributed by atoms with E-state index in [9.17, 15) is 9.18 Å². The molecule has 3 atom stereocenters. The largest absolute Gasteiger partial charge is 0.375 e. The van der Waals surface area contributed by atoms with E-state index in [0.29, 0.717) is 24.6 Å². The van der Waals surface area contributed by atoms with E-state index in [-0.39, 0.29) is 36.0 Å². The monoisotopic (exact) mass is 672 g/mol. The van der Waals surface area contributed by atoms with Gasteiger partial charge in [0.1, 0.15) is 5.82 Å². The van der Waals surface area contributed by atoms with E-state index in [1.165, 1.54) is 17.7 Å². The van der Waals surface area contributed by atoms with Crippen molar-refractivity contribution >= 4 is 11.6 Å². The number of nitrogens with one attached hydrogen (secondary N) is 1. The van der Waals surface area contributed by atoms with Crippen molar-refractivity contribution in [3.05, 3.63) is 138 Å². The van der Waals surface area contributed by atoms with Gasteiger partial charge in [0.15, 0.2) is 0 Å². The number of benzene rings is 4. The molecule has 1 aromatic heterocycles. The minimum Gasteiger partial charge on any atom is -0.375 e. The molecular formula is C44H49FN2O3. The summed E-state index contributed by atoms with van der Waals surface area (Å²) in [6.07, 6.45) is 3.60. The van der Waals surface area contributed by atoms with E-state index < -0.39 is 0 Å². The Morgan fingerprint density at radius 2 is 1.44 bits per heavy atom. The molecule has 6 rings (SSSR count). The van der Waals surface area contributed by atoms with Gasteiger partial charge in [0.25, 0.3) is 5.91 Å². The second kappa shape index (κ2) is 16.5. The van der Waals surface area contributed by atoms with Gasteiger partial charge in [-0.3, -0.25) is 4.79 Å². The topological polar surface area (TPSA) is 52.5 Å². The van der Waals surface area contributed by atoms with Crippen LogP contribution in [-0.4, -0.2) is 28.8 Å². The SMILES string of the molecule is CC(C)CC1CC(OCc2ccccc2)CC(CCn2c(-c3ccc(F)cc3)c(-c3ccccc3)c(C(=O)Nc3ccccc3)c2C(C)C)O1. The second-order valence-corrected chi connectivity index (χ2v) is 14.2. The van der Waals surface area contributed by atoms with Crippen LogP contribution in [-0.2, 0) is 22.6 Å². The highest BCUT2D eigenvalue weighted by atomic mass is 19.1. The Balaban J connectivity index is 1.40. The highest BCUT2D eigenvalue weighted by Gasteiger charge is 2.33. The summed E-state index contributed by atoms with van der Waals surface area (Å²) >= 11 is 0. The van der Waals surface area contributed by atoms with Crippen molar-refractivity contribution in [2.75, 3.05) is 5.32 Å². The molecule has 1 aliphatic rings. The molecule has 1 aliphatic heterocycles. The highest BCUT2D eigenvalue weighted by molar-refractivity contribution is 6.12. The smallest absolute Gasteiger partial charge is 0.258 e. The molecule has 0 aliphatic carbocycles. The quantitative estimate of drug-likeness (QED) is 0.135. The number of nitrogens with zero attached hydrogens (tertiary/aromatic N) is 1. The molecule has 1 amide bonds. The minimum absolute atomic E-state index is 0.0153. The van der Waals surface area contributed by atoms with E-state index >= 15 is 0 Å². The van der Waals surface area contributed by atoms with E-state index in [4.69, 9.17) is 9.47 Å². The molecule has 1 N–H and O–H groups in total. The number of anilines is 1. The van der Waals surface area contributed by atoms with Gasteiger partial charge in [0.05, 0.1) is 36.2 Å². The summed E-state index contributed by atoms with van der Waals surface area (Å²) in [5, 5.41) is 3.17. The van der Waals surface area contributed by atoms with Gasteiger partial charge in [0, 0.05) is 23.5 Å². The molecular weight excluding hydrogens is 623 g/mol. The normalized spacial score (nSPS) is 17.7. The summed E-state index contributed by atoms with van der Waals surface area (Å²) < 4.78 is 29.9. The third-order valence-corrected chi connectivity index (χ3v) is 9.46. The number of hydrogen-bond acceptors (Lipinski definition) is 3. The Kier molecular flexibility index (Phi) is 11.6. The van der Waals surface area contributed by atoms with Crippen LogP contribution in [0.3, 0.4) is 0 Å². The third kappa shape index (κ3) is 8.61. The fourth-order valence-electron chi connectivity index (χ4n) is 7.34. The Labute approximate surface area is 296 Å². The van der Waals surface area contributed by atoms with E-state index in [2.05, 4.69) is 49.7 Å². The summed E-state index contributed by atoms with van der Waals surface area (Å²) in [6.45, 7) is 9.96. The molecule has 50 heavy (non-hydrogen) atoms. The number of carbonyl (C=O) groups excluding carboxylic acids is 1. The van der Waals surface area contributed by atoms with Gasteiger partial charge in [-0.05, 0) is 90.6 Å². The molecule has 1 saturated heterocycles. The van der Waals surface area contributed by atoms with Crippen LogP contribution in [0.1, 0.15) is 80.9 Å². The maximum Gasteiger partial charge on any atom is 0.258 e. The first-order chi connectivity index (χ1) is 24.3. The number of carbonyl (C=O) groups is 1. The zero-order valence-corrected chi connectivity index (χ0v) is 29.6. The molecule has 260 valence electrons. The summed E-state index contributed by atoms with van der Waals surface area (Å²) in [5.41, 5.74) is 7.04. The Morgan fingerprint density at radius 1 is 0.820 bits per heavy atom. The van der Waals surface area contributed by atoms with Crippen LogP contribution < -0.4 is 5.32 Å². The molecule has 1 fully saturated rings. The van der Waals surface area contributed by atoms with Crippen LogP contribution in [0.5, 0.6) is 0 Å². The van der Waals surface area contributed by atoms with Gasteiger partial charge < -0.3 is 19.4 Å². The first kappa shape index (κ1) is 35.3. The van der Waals surface area contributed by atoms with E-state index in [0.717, 1.165) is 59.4 Å². The van der Waals surface area contributed by atoms with Gasteiger partial charge in [-0.2, -0.15) is 0 Å². The third-order valence-electron chi connectivity index (χ3n) is 9.46. The summed E-state index contributed by atoms with van der Waals surface area (Å²) in [5.74, 6) is 0.0644. The average Bonchev–Trinajstić information content (AvgIpc) is 3.47. The van der Waals surface area contributed by atoms with Gasteiger partial charge >= 0.3 is 0 Å². The first-order valence-electron chi connectivity index (χ1n) is 18.0. The Morgan fingerprint density at radius 3 is 2.08 bits per heavy atom. The van der Waals surface area contributed by atoms with Crippen molar-refractivity contribution in [3.8, 4) is 22.4 Å². The molecule has 5 aromatic rings. The van der Waals surface area contributed by atoms with E-state index in [1.54, 1.807) is 0 Å². The number of rotatable bonds is 13. The zero-order chi connectivity index (χ0) is 35.0. The Hall–Kier alpha value is -4.52. The predicted molar refractivity (Wildman–Crippen MR) is 201 cm³/mol. The van der Waals surface area contributed by atoms with Gasteiger partial charge in [0.2, 0.25) is 0 Å². The lowest BCUT2D eigenvalue weighted by Gasteiger charge is -2.36. The maximum atomic E-state index is 14.4. The second-order valence-electron chi connectivity index (χ2n) is 14.2. The summed E-state index contributed by atoms with van der Waals surface area (Å²) in [6, 6.07) is 36.6. The Bertz CT molecular complexity index is 1820. The lowest BCUT2D eigenvalue weighted by Crippen LogP contribution is -2.38. The van der Waals surface area contributed by atoms with Crippen LogP contribution in [0.25, 0.3) is 22.4 Å². The lowest BCUT2D eigenvalue weighted by atomic mass is 9.93. The fourth-order valence-corrected chi connectivity index (χ4v) is 7.34. The molecule has 3 unspecified atom stereocenters. The molecule has 0 spiro atoms. The van der Waals surface area contributed by atoms with Crippen LogP contribution in [0, 0.1) is 11.7 Å². The van der Waals surface area contributed by atoms with Gasteiger partial charge in [-0.1, -0.05) is 107 Å². The predicted octanol–water partition coefficient (Wildman–Crippen LogP) is 10.9. The molecule has 2 heterocycles. The maximum absolute atomic E-state index is 14.4. The molecule has 4 aromatic carbocycles. The fraction of sp³-hybridized carbons (Fsp3) is 0.341. The van der Waals surface area contributed by atoms with Crippen molar-refractivity contribution in [1.82, 2.24) is 4.57 Å². The number of amides is 1. The number of aromatic nitrogens is 1. The van der Waals surface area contributed by atoms with Crippen LogP contribution in [0.4, 0.5) is 10.1 Å². The van der Waals surface area contributed by atoms with Crippen LogP contribution in [0.15, 0.2) is 115 Å². The minimum atomic E-state index is -0.299. The molecule has 0 saturated carbocycles. The zero-order valence-electron chi connectivity index (χ0n) is 29.6. The van der Waals surface area contributed by atoms with Crippen molar-refractivity contribution in [2.45, 2.75) is 90.8 Å². The average molecular weight is 673 g/mol. The molecule has 0 bridgehead atoms. The number of ether oxygens (including phenoxy) is 2. The lowest BCUT2D eigenvalue weighted by molar-refractivity contribution is -0.126. The van der Waals surface area contributed by atoms with Crippen molar-refractivity contribution in [2.24, 2.45) is 5.92 Å². The summed E-state index contributed by atoms with van der Waals surface area (Å²) in [7, 11) is 0. The van der Waals surface area contributed by atoms with Gasteiger partial charge in [-0.15, -0.1) is 0 Å². The van der Waals surface area contributed by atoms with E-state index in [1.807, 2.05) is 91.0 Å². The standard InChI is InChI=1S/C44H49FN2O3/c1-30(2)26-39-28-38(49-29-32-14-8-5-9-15-32)27-37(50-39)24-25-47-42(31(3)4)41(44(48)46-36-18-12-7-13-19-36)40(33-16-10-6-11-17-33)43(47)34-20-22-35(45)23-21-34/h5-23,30-31,37-39H,24-29H2,1-4H3,(H,46,48). The first-order valence-corrected chi connectivity index (χ1v) is 18.0. The van der Waals surface area contributed by atoms with Crippen LogP contribution >= 0.6 is 0 Å². The van der Waals surface area contributed by atoms with Crippen LogP contribution in [0.2, 0.25) is 0 Å². The number of para-hydroxylation sites is 1. The van der Waals surface area contributed by atoms with Crippen molar-refractivity contribution in [3.63, 3.8) is 0 Å². The number of hydrogen-bond donors (Lipinski definition) is 1. The van der Waals surface area contributed by atoms with Gasteiger partial charge in [-0.25, -0.2) is 4.39 Å². The van der Waals surface area contributed by atoms with Crippen molar-refractivity contribution in [1.29, 1.82) is 0 Å². The molecule has 0 radical (unpaired) electrons.